The summed E-state index contributed by atoms with van der Waals surface area (Å²) in [7, 11) is 0. The van der Waals surface area contributed by atoms with E-state index in [1.807, 2.05) is 11.8 Å². The first kappa shape index (κ1) is 12.0. The van der Waals surface area contributed by atoms with Crippen LogP contribution in [0.3, 0.4) is 0 Å². The van der Waals surface area contributed by atoms with Gasteiger partial charge < -0.3 is 5.11 Å². The third-order valence-corrected chi connectivity index (χ3v) is 3.38. The maximum atomic E-state index is 12.8. The Hall–Kier alpha value is -1.42. The SMILES string of the molecule is C[C@@H]1C[C@@H](c2ccc(F)cc2)CN1CC(=O)O. The maximum Gasteiger partial charge on any atom is 0.317 e. The highest BCUT2D eigenvalue weighted by molar-refractivity contribution is 5.69. The van der Waals surface area contributed by atoms with Crippen LogP contribution in [0.4, 0.5) is 4.39 Å². The Labute approximate surface area is 99.9 Å². The Balaban J connectivity index is 2.05. The zero-order chi connectivity index (χ0) is 12.4. The van der Waals surface area contributed by atoms with Crippen molar-refractivity contribution in [3.05, 3.63) is 35.6 Å². The zero-order valence-electron chi connectivity index (χ0n) is 9.77. The van der Waals surface area contributed by atoms with Gasteiger partial charge in [0.2, 0.25) is 0 Å². The quantitative estimate of drug-likeness (QED) is 0.875. The molecule has 1 saturated heterocycles. The van der Waals surface area contributed by atoms with Crippen LogP contribution < -0.4 is 0 Å². The number of carboxylic acid groups (broad SMARTS) is 1. The van der Waals surface area contributed by atoms with E-state index in [1.54, 1.807) is 12.1 Å². The standard InChI is InChI=1S/C13H16FNO2/c1-9-6-11(7-15(9)8-13(16)17)10-2-4-12(14)5-3-10/h2-5,9,11H,6-8H2,1H3,(H,16,17)/t9-,11-/m1/s1. The third-order valence-electron chi connectivity index (χ3n) is 3.38. The van der Waals surface area contributed by atoms with Gasteiger partial charge in [0.25, 0.3) is 0 Å². The van der Waals surface area contributed by atoms with Gasteiger partial charge in [0.05, 0.1) is 6.54 Å². The molecular formula is C13H16FNO2. The molecule has 0 aromatic heterocycles. The van der Waals surface area contributed by atoms with E-state index in [4.69, 9.17) is 5.11 Å². The summed E-state index contributed by atoms with van der Waals surface area (Å²) in [6.45, 7) is 2.85. The molecule has 0 bridgehead atoms. The van der Waals surface area contributed by atoms with Gasteiger partial charge in [0.15, 0.2) is 0 Å². The van der Waals surface area contributed by atoms with Crippen molar-refractivity contribution in [2.24, 2.45) is 0 Å². The summed E-state index contributed by atoms with van der Waals surface area (Å²) in [4.78, 5) is 12.7. The molecule has 0 aliphatic carbocycles. The van der Waals surface area contributed by atoms with Gasteiger partial charge in [0, 0.05) is 12.6 Å². The van der Waals surface area contributed by atoms with Gasteiger partial charge >= 0.3 is 5.97 Å². The van der Waals surface area contributed by atoms with Gasteiger partial charge in [-0.1, -0.05) is 12.1 Å². The molecule has 1 heterocycles. The number of nitrogens with zero attached hydrogens (tertiary/aromatic N) is 1. The highest BCUT2D eigenvalue weighted by atomic mass is 19.1. The summed E-state index contributed by atoms with van der Waals surface area (Å²) >= 11 is 0. The summed E-state index contributed by atoms with van der Waals surface area (Å²) in [6, 6.07) is 6.76. The summed E-state index contributed by atoms with van der Waals surface area (Å²) in [5, 5.41) is 8.79. The summed E-state index contributed by atoms with van der Waals surface area (Å²) < 4.78 is 12.8. The topological polar surface area (TPSA) is 40.5 Å². The number of aliphatic carboxylic acids is 1. The van der Waals surface area contributed by atoms with Crippen LogP contribution in [-0.4, -0.2) is 35.1 Å². The van der Waals surface area contributed by atoms with Gasteiger partial charge in [-0.15, -0.1) is 0 Å². The largest absolute Gasteiger partial charge is 0.480 e. The van der Waals surface area contributed by atoms with E-state index in [2.05, 4.69) is 0 Å². The van der Waals surface area contributed by atoms with Crippen molar-refractivity contribution in [3.63, 3.8) is 0 Å². The van der Waals surface area contributed by atoms with Crippen LogP contribution in [0.1, 0.15) is 24.8 Å². The molecule has 1 fully saturated rings. The molecular weight excluding hydrogens is 221 g/mol. The lowest BCUT2D eigenvalue weighted by Crippen LogP contribution is -2.32. The minimum absolute atomic E-state index is 0.0822. The lowest BCUT2D eigenvalue weighted by Gasteiger charge is -2.17. The Morgan fingerprint density at radius 1 is 1.47 bits per heavy atom. The molecule has 17 heavy (non-hydrogen) atoms. The lowest BCUT2D eigenvalue weighted by atomic mass is 9.97. The van der Waals surface area contributed by atoms with E-state index in [1.165, 1.54) is 12.1 Å². The molecule has 0 radical (unpaired) electrons. The van der Waals surface area contributed by atoms with Crippen molar-refractivity contribution in [1.82, 2.24) is 4.90 Å². The van der Waals surface area contributed by atoms with Crippen molar-refractivity contribution >= 4 is 5.97 Å². The van der Waals surface area contributed by atoms with Gasteiger partial charge in [-0.25, -0.2) is 4.39 Å². The van der Waals surface area contributed by atoms with Crippen molar-refractivity contribution < 1.29 is 14.3 Å². The average Bonchev–Trinajstić information content (AvgIpc) is 2.60. The number of hydrogen-bond donors (Lipinski definition) is 1. The highest BCUT2D eigenvalue weighted by Gasteiger charge is 2.30. The summed E-state index contributed by atoms with van der Waals surface area (Å²) in [5.74, 6) is -0.719. The molecule has 1 aromatic rings. The Morgan fingerprint density at radius 2 is 2.12 bits per heavy atom. The van der Waals surface area contributed by atoms with Crippen LogP contribution in [-0.2, 0) is 4.79 Å². The van der Waals surface area contributed by atoms with Crippen LogP contribution in [0, 0.1) is 5.82 Å². The number of rotatable bonds is 3. The molecule has 2 atom stereocenters. The van der Waals surface area contributed by atoms with Crippen molar-refractivity contribution in [2.75, 3.05) is 13.1 Å². The first-order valence-electron chi connectivity index (χ1n) is 5.77. The van der Waals surface area contributed by atoms with Gasteiger partial charge in [-0.3, -0.25) is 9.69 Å². The van der Waals surface area contributed by atoms with Crippen LogP contribution in [0.5, 0.6) is 0 Å². The maximum absolute atomic E-state index is 12.8. The number of carbonyl (C=O) groups is 1. The fourth-order valence-corrected chi connectivity index (χ4v) is 2.47. The molecule has 0 unspecified atom stereocenters. The average molecular weight is 237 g/mol. The molecule has 1 aliphatic heterocycles. The van der Waals surface area contributed by atoms with Gasteiger partial charge in [-0.2, -0.15) is 0 Å². The van der Waals surface area contributed by atoms with Crippen molar-refractivity contribution in [2.45, 2.75) is 25.3 Å². The van der Waals surface area contributed by atoms with E-state index >= 15 is 0 Å². The molecule has 2 rings (SSSR count). The van der Waals surface area contributed by atoms with E-state index in [0.29, 0.717) is 5.92 Å². The molecule has 1 aliphatic rings. The van der Waals surface area contributed by atoms with Crippen LogP contribution in [0.15, 0.2) is 24.3 Å². The predicted molar refractivity (Wildman–Crippen MR) is 62.4 cm³/mol. The molecule has 0 spiro atoms. The van der Waals surface area contributed by atoms with E-state index < -0.39 is 5.97 Å². The monoisotopic (exact) mass is 237 g/mol. The highest BCUT2D eigenvalue weighted by Crippen LogP contribution is 2.31. The van der Waals surface area contributed by atoms with Crippen LogP contribution >= 0.6 is 0 Å². The fraction of sp³-hybridized carbons (Fsp3) is 0.462. The molecule has 3 nitrogen and oxygen atoms in total. The second-order valence-corrected chi connectivity index (χ2v) is 4.66. The molecule has 0 amide bonds. The Kier molecular flexibility index (Phi) is 3.43. The van der Waals surface area contributed by atoms with E-state index in [-0.39, 0.29) is 18.4 Å². The van der Waals surface area contributed by atoms with E-state index in [0.717, 1.165) is 18.5 Å². The molecule has 92 valence electrons. The Morgan fingerprint density at radius 3 is 2.71 bits per heavy atom. The lowest BCUT2D eigenvalue weighted by molar-refractivity contribution is -0.138. The number of carboxylic acids is 1. The van der Waals surface area contributed by atoms with Crippen molar-refractivity contribution in [1.29, 1.82) is 0 Å². The number of halogens is 1. The number of hydrogen-bond acceptors (Lipinski definition) is 2. The molecule has 0 saturated carbocycles. The van der Waals surface area contributed by atoms with Gasteiger partial charge in [-0.05, 0) is 37.0 Å². The number of likely N-dealkylation sites (tertiary alicyclic amines) is 1. The predicted octanol–water partition coefficient (Wildman–Crippen LogP) is 2.09. The van der Waals surface area contributed by atoms with Gasteiger partial charge in [0.1, 0.15) is 5.82 Å². The first-order chi connectivity index (χ1) is 8.06. The van der Waals surface area contributed by atoms with Crippen molar-refractivity contribution in [3.8, 4) is 0 Å². The zero-order valence-corrected chi connectivity index (χ0v) is 9.77. The smallest absolute Gasteiger partial charge is 0.317 e. The van der Waals surface area contributed by atoms with Crippen LogP contribution in [0.25, 0.3) is 0 Å². The molecule has 1 N–H and O–H groups in total. The summed E-state index contributed by atoms with van der Waals surface area (Å²) in [5.41, 5.74) is 1.09. The molecule has 4 heteroatoms. The summed E-state index contributed by atoms with van der Waals surface area (Å²) in [6.07, 6.45) is 0.929. The third kappa shape index (κ3) is 2.82. The fourth-order valence-electron chi connectivity index (χ4n) is 2.47. The number of benzene rings is 1. The minimum Gasteiger partial charge on any atom is -0.480 e. The van der Waals surface area contributed by atoms with E-state index in [9.17, 15) is 9.18 Å². The second kappa shape index (κ2) is 4.84. The minimum atomic E-state index is -0.795. The second-order valence-electron chi connectivity index (χ2n) is 4.66. The van der Waals surface area contributed by atoms with Crippen LogP contribution in [0.2, 0.25) is 0 Å². The normalized spacial score (nSPS) is 25.1. The Bertz CT molecular complexity index is 404. The first-order valence-corrected chi connectivity index (χ1v) is 5.77. The molecule has 1 aromatic carbocycles.